The first-order valence-corrected chi connectivity index (χ1v) is 6.13. The van der Waals surface area contributed by atoms with Crippen LogP contribution in [0.2, 0.25) is 0 Å². The molecule has 2 heteroatoms. The highest BCUT2D eigenvalue weighted by atomic mass is 32.2. The van der Waals surface area contributed by atoms with Crippen molar-refractivity contribution >= 4 is 23.5 Å². The number of hydrogen-bond donors (Lipinski definition) is 0. The van der Waals surface area contributed by atoms with Crippen LogP contribution in [-0.2, 0) is 0 Å². The van der Waals surface area contributed by atoms with Gasteiger partial charge in [0.05, 0.1) is 4.58 Å². The minimum absolute atomic E-state index is 0.753. The first kappa shape index (κ1) is 10.4. The molecule has 0 rings (SSSR count). The molecule has 0 aromatic rings. The van der Waals surface area contributed by atoms with Gasteiger partial charge in [-0.05, 0) is 25.4 Å². The maximum Gasteiger partial charge on any atom is 0.0531 e. The lowest BCUT2D eigenvalue weighted by molar-refractivity contribution is 1.14. The topological polar surface area (TPSA) is 0 Å². The van der Waals surface area contributed by atoms with Crippen molar-refractivity contribution in [2.24, 2.45) is 0 Å². The fourth-order valence-electron chi connectivity index (χ4n) is 0.663. The van der Waals surface area contributed by atoms with Crippen LogP contribution in [0.1, 0.15) is 19.8 Å². The molecule has 0 unspecified atom stereocenters. The van der Waals surface area contributed by atoms with Crippen molar-refractivity contribution < 1.29 is 0 Å². The highest BCUT2D eigenvalue weighted by Crippen LogP contribution is 2.22. The molecule has 0 aromatic heterocycles. The zero-order valence-corrected chi connectivity index (χ0v) is 8.60. The van der Waals surface area contributed by atoms with E-state index in [1.807, 2.05) is 23.5 Å². The molecule has 0 aliphatic carbocycles. The molecule has 0 amide bonds. The van der Waals surface area contributed by atoms with Gasteiger partial charge in [-0.3, -0.25) is 0 Å². The molecule has 10 heavy (non-hydrogen) atoms. The SMILES string of the molecule is CC/C=C\CC(SC)SC. The van der Waals surface area contributed by atoms with Gasteiger partial charge in [0, 0.05) is 0 Å². The normalized spacial score (nSPS) is 11.6. The first-order chi connectivity index (χ1) is 4.85. The van der Waals surface area contributed by atoms with Gasteiger partial charge in [-0.25, -0.2) is 0 Å². The van der Waals surface area contributed by atoms with E-state index in [1.54, 1.807) is 0 Å². The van der Waals surface area contributed by atoms with Crippen LogP contribution in [0.25, 0.3) is 0 Å². The number of rotatable bonds is 5. The highest BCUT2D eigenvalue weighted by molar-refractivity contribution is 8.16. The van der Waals surface area contributed by atoms with Gasteiger partial charge in [0.2, 0.25) is 0 Å². The van der Waals surface area contributed by atoms with Crippen molar-refractivity contribution in [3.63, 3.8) is 0 Å². The summed E-state index contributed by atoms with van der Waals surface area (Å²) >= 11 is 3.86. The van der Waals surface area contributed by atoms with Crippen LogP contribution in [0.3, 0.4) is 0 Å². The quantitative estimate of drug-likeness (QED) is 0.465. The van der Waals surface area contributed by atoms with Gasteiger partial charge in [-0.1, -0.05) is 19.1 Å². The van der Waals surface area contributed by atoms with Crippen LogP contribution in [0.15, 0.2) is 12.2 Å². The minimum Gasteiger partial charge on any atom is -0.151 e. The Morgan fingerprint density at radius 1 is 1.20 bits per heavy atom. The van der Waals surface area contributed by atoms with Crippen molar-refractivity contribution in [2.75, 3.05) is 12.5 Å². The first-order valence-electron chi connectivity index (χ1n) is 3.55. The number of thioether (sulfide) groups is 2. The van der Waals surface area contributed by atoms with E-state index in [9.17, 15) is 0 Å². The third-order valence-electron chi connectivity index (χ3n) is 1.26. The molecule has 0 atom stereocenters. The predicted molar refractivity (Wildman–Crippen MR) is 54.9 cm³/mol. The van der Waals surface area contributed by atoms with E-state index in [0.29, 0.717) is 0 Å². The fourth-order valence-corrected chi connectivity index (χ4v) is 2.04. The summed E-state index contributed by atoms with van der Waals surface area (Å²) in [6.07, 6.45) is 11.2. The lowest BCUT2D eigenvalue weighted by atomic mass is 10.3. The van der Waals surface area contributed by atoms with Gasteiger partial charge in [-0.15, -0.1) is 0 Å². The van der Waals surface area contributed by atoms with Gasteiger partial charge in [0.25, 0.3) is 0 Å². The van der Waals surface area contributed by atoms with Crippen molar-refractivity contribution in [2.45, 2.75) is 24.3 Å². The molecule has 0 N–H and O–H groups in total. The van der Waals surface area contributed by atoms with Crippen LogP contribution in [0.4, 0.5) is 0 Å². The minimum atomic E-state index is 0.753. The summed E-state index contributed by atoms with van der Waals surface area (Å²) in [5, 5.41) is 0. The highest BCUT2D eigenvalue weighted by Gasteiger charge is 1.99. The Hall–Kier alpha value is 0.440. The number of hydrogen-bond acceptors (Lipinski definition) is 2. The Balaban J connectivity index is 3.34. The molecule has 0 saturated carbocycles. The van der Waals surface area contributed by atoms with Crippen LogP contribution >= 0.6 is 23.5 Å². The molecule has 0 nitrogen and oxygen atoms in total. The van der Waals surface area contributed by atoms with E-state index < -0.39 is 0 Å². The summed E-state index contributed by atoms with van der Waals surface area (Å²) in [6, 6.07) is 0. The fraction of sp³-hybridized carbons (Fsp3) is 0.750. The monoisotopic (exact) mass is 176 g/mol. The van der Waals surface area contributed by atoms with Crippen LogP contribution in [0, 0.1) is 0 Å². The molecule has 0 fully saturated rings. The molecule has 0 saturated heterocycles. The van der Waals surface area contributed by atoms with Crippen molar-refractivity contribution in [1.82, 2.24) is 0 Å². The molecule has 0 aromatic carbocycles. The predicted octanol–water partition coefficient (Wildman–Crippen LogP) is 3.39. The molecule has 60 valence electrons. The molecule has 0 radical (unpaired) electrons. The third-order valence-corrected chi connectivity index (χ3v) is 3.85. The second kappa shape index (κ2) is 7.55. The smallest absolute Gasteiger partial charge is 0.0531 e. The maximum atomic E-state index is 2.28. The van der Waals surface area contributed by atoms with Gasteiger partial charge < -0.3 is 0 Å². The summed E-state index contributed by atoms with van der Waals surface area (Å²) in [6.45, 7) is 2.17. The van der Waals surface area contributed by atoms with Gasteiger partial charge in [0.15, 0.2) is 0 Å². The van der Waals surface area contributed by atoms with Gasteiger partial charge in [0.1, 0.15) is 0 Å². The van der Waals surface area contributed by atoms with E-state index >= 15 is 0 Å². The van der Waals surface area contributed by atoms with Crippen LogP contribution < -0.4 is 0 Å². The summed E-state index contributed by atoms with van der Waals surface area (Å²) in [5.74, 6) is 0. The molecule has 0 heterocycles. The van der Waals surface area contributed by atoms with Gasteiger partial charge >= 0.3 is 0 Å². The summed E-state index contributed by atoms with van der Waals surface area (Å²) in [5.41, 5.74) is 0. The Bertz CT molecular complexity index is 85.3. The Labute approximate surface area is 72.9 Å². The molecular formula is C8H16S2. The van der Waals surface area contributed by atoms with E-state index in [-0.39, 0.29) is 0 Å². The van der Waals surface area contributed by atoms with E-state index in [0.717, 1.165) is 11.0 Å². The van der Waals surface area contributed by atoms with Crippen molar-refractivity contribution in [1.29, 1.82) is 0 Å². The second-order valence-electron chi connectivity index (χ2n) is 2.02. The molecule has 0 bridgehead atoms. The van der Waals surface area contributed by atoms with E-state index in [4.69, 9.17) is 0 Å². The lowest BCUT2D eigenvalue weighted by Gasteiger charge is -2.06. The lowest BCUT2D eigenvalue weighted by Crippen LogP contribution is -1.90. The van der Waals surface area contributed by atoms with E-state index in [2.05, 4.69) is 31.6 Å². The Morgan fingerprint density at radius 3 is 2.20 bits per heavy atom. The van der Waals surface area contributed by atoms with Crippen molar-refractivity contribution in [3.8, 4) is 0 Å². The zero-order valence-electron chi connectivity index (χ0n) is 6.96. The summed E-state index contributed by atoms with van der Waals surface area (Å²) < 4.78 is 0.753. The Morgan fingerprint density at radius 2 is 1.80 bits per heavy atom. The van der Waals surface area contributed by atoms with Gasteiger partial charge in [-0.2, -0.15) is 23.5 Å². The summed E-state index contributed by atoms with van der Waals surface area (Å²) in [7, 11) is 0. The maximum absolute atomic E-state index is 2.28. The standard InChI is InChI=1S/C8H16S2/c1-4-5-6-7-8(9-2)10-3/h5-6,8H,4,7H2,1-3H3/b6-5-. The average Bonchev–Trinajstić information content (AvgIpc) is 1.99. The molecule has 0 aliphatic heterocycles. The zero-order chi connectivity index (χ0) is 7.82. The van der Waals surface area contributed by atoms with Crippen molar-refractivity contribution in [3.05, 3.63) is 12.2 Å². The molecule has 0 aliphatic rings. The number of allylic oxidation sites excluding steroid dienone is 2. The average molecular weight is 176 g/mol. The molecular weight excluding hydrogens is 160 g/mol. The molecule has 0 spiro atoms. The van der Waals surface area contributed by atoms with Crippen LogP contribution in [0.5, 0.6) is 0 Å². The summed E-state index contributed by atoms with van der Waals surface area (Å²) in [4.78, 5) is 0. The Kier molecular flexibility index (Phi) is 7.88. The second-order valence-corrected chi connectivity index (χ2v) is 4.40. The third kappa shape index (κ3) is 5.24. The van der Waals surface area contributed by atoms with Crippen LogP contribution in [-0.4, -0.2) is 17.1 Å². The van der Waals surface area contributed by atoms with E-state index in [1.165, 1.54) is 6.42 Å². The largest absolute Gasteiger partial charge is 0.151 e.